The minimum atomic E-state index is -0.711. The first-order valence-electron chi connectivity index (χ1n) is 9.99. The molecule has 0 bridgehead atoms. The summed E-state index contributed by atoms with van der Waals surface area (Å²) >= 11 is 0. The van der Waals surface area contributed by atoms with E-state index in [-0.39, 0.29) is 25.7 Å². The summed E-state index contributed by atoms with van der Waals surface area (Å²) in [5.74, 6) is 0.158. The average Bonchev–Trinajstić information content (AvgIpc) is 2.58. The van der Waals surface area contributed by atoms with Gasteiger partial charge < -0.3 is 15.3 Å². The van der Waals surface area contributed by atoms with Gasteiger partial charge in [0, 0.05) is 5.41 Å². The summed E-state index contributed by atoms with van der Waals surface area (Å²) in [6.07, 6.45) is 17.0. The second-order valence-electron chi connectivity index (χ2n) is 7.42. The van der Waals surface area contributed by atoms with Crippen LogP contribution in [0.3, 0.4) is 0 Å². The molecule has 0 saturated carbocycles. The van der Waals surface area contributed by atoms with Gasteiger partial charge in [-0.3, -0.25) is 0 Å². The van der Waals surface area contributed by atoms with Crippen LogP contribution in [0.5, 0.6) is 0 Å². The van der Waals surface area contributed by atoms with E-state index in [1.54, 1.807) is 0 Å². The van der Waals surface area contributed by atoms with Crippen molar-refractivity contribution < 1.29 is 15.3 Å². The Labute approximate surface area is 144 Å². The van der Waals surface area contributed by atoms with Gasteiger partial charge in [-0.15, -0.1) is 0 Å². The second kappa shape index (κ2) is 15.4. The molecule has 3 N–H and O–H groups in total. The molecule has 0 amide bonds. The lowest BCUT2D eigenvalue weighted by Crippen LogP contribution is -2.40. The Morgan fingerprint density at radius 3 is 1.30 bits per heavy atom. The second-order valence-corrected chi connectivity index (χ2v) is 7.42. The van der Waals surface area contributed by atoms with Crippen molar-refractivity contribution in [1.82, 2.24) is 0 Å². The maximum absolute atomic E-state index is 9.42. The predicted molar refractivity (Wildman–Crippen MR) is 98.5 cm³/mol. The highest BCUT2D eigenvalue weighted by atomic mass is 16.3. The molecule has 1 unspecified atom stereocenters. The monoisotopic (exact) mass is 330 g/mol. The van der Waals surface area contributed by atoms with Crippen molar-refractivity contribution >= 4 is 0 Å². The van der Waals surface area contributed by atoms with Gasteiger partial charge in [-0.25, -0.2) is 0 Å². The number of rotatable bonds is 17. The van der Waals surface area contributed by atoms with Gasteiger partial charge in [0.25, 0.3) is 0 Å². The summed E-state index contributed by atoms with van der Waals surface area (Å²) in [5, 5.41) is 28.3. The Morgan fingerprint density at radius 2 is 0.957 bits per heavy atom. The Hall–Kier alpha value is -0.120. The zero-order valence-corrected chi connectivity index (χ0v) is 15.7. The average molecular weight is 331 g/mol. The summed E-state index contributed by atoms with van der Waals surface area (Å²) in [6, 6.07) is 0. The molecule has 3 nitrogen and oxygen atoms in total. The number of hydrogen-bond donors (Lipinski definition) is 3. The summed E-state index contributed by atoms with van der Waals surface area (Å²) in [4.78, 5) is 0. The van der Waals surface area contributed by atoms with Crippen molar-refractivity contribution in [2.24, 2.45) is 11.3 Å². The van der Waals surface area contributed by atoms with Gasteiger partial charge in [0.1, 0.15) is 0 Å². The molecule has 0 aliphatic rings. The van der Waals surface area contributed by atoms with E-state index in [2.05, 4.69) is 6.92 Å². The van der Waals surface area contributed by atoms with Crippen molar-refractivity contribution in [1.29, 1.82) is 0 Å². The van der Waals surface area contributed by atoms with Crippen LogP contribution in [-0.4, -0.2) is 35.1 Å². The van der Waals surface area contributed by atoms with E-state index < -0.39 is 5.41 Å². The van der Waals surface area contributed by atoms with E-state index in [0.29, 0.717) is 0 Å². The molecule has 0 rings (SSSR count). The van der Waals surface area contributed by atoms with Crippen molar-refractivity contribution in [3.63, 3.8) is 0 Å². The molecular weight excluding hydrogens is 288 g/mol. The van der Waals surface area contributed by atoms with Gasteiger partial charge in [-0.2, -0.15) is 0 Å². The molecule has 0 aliphatic heterocycles. The summed E-state index contributed by atoms with van der Waals surface area (Å²) in [7, 11) is 0. The van der Waals surface area contributed by atoms with Crippen molar-refractivity contribution in [2.45, 2.75) is 97.3 Å². The van der Waals surface area contributed by atoms with Gasteiger partial charge in [-0.1, -0.05) is 90.9 Å². The quantitative estimate of drug-likeness (QED) is 0.339. The standard InChI is InChI=1S/C20H42O3/c1-3-4-5-6-7-8-9-10-11-12-13-14-15-19(2)20(16-21,17-22)18-23/h19,21-23H,3-18H2,1-2H3. The fourth-order valence-electron chi connectivity index (χ4n) is 3.22. The molecule has 23 heavy (non-hydrogen) atoms. The van der Waals surface area contributed by atoms with Crippen LogP contribution >= 0.6 is 0 Å². The molecule has 0 saturated heterocycles. The van der Waals surface area contributed by atoms with Crippen LogP contribution in [0.4, 0.5) is 0 Å². The Balaban J connectivity index is 3.45. The maximum atomic E-state index is 9.42. The lowest BCUT2D eigenvalue weighted by atomic mass is 9.75. The van der Waals surface area contributed by atoms with Crippen molar-refractivity contribution in [3.05, 3.63) is 0 Å². The first kappa shape index (κ1) is 22.9. The SMILES string of the molecule is CCCCCCCCCCCCCCC(C)C(CO)(CO)CO. The van der Waals surface area contributed by atoms with Gasteiger partial charge >= 0.3 is 0 Å². The largest absolute Gasteiger partial charge is 0.396 e. The van der Waals surface area contributed by atoms with Gasteiger partial charge in [-0.05, 0) is 12.3 Å². The van der Waals surface area contributed by atoms with Crippen LogP contribution < -0.4 is 0 Å². The molecule has 140 valence electrons. The molecule has 0 heterocycles. The van der Waals surface area contributed by atoms with E-state index in [9.17, 15) is 15.3 Å². The molecule has 0 aromatic rings. The third kappa shape index (κ3) is 10.4. The molecule has 0 fully saturated rings. The summed E-state index contributed by atoms with van der Waals surface area (Å²) in [6.45, 7) is 3.87. The number of aliphatic hydroxyl groups excluding tert-OH is 3. The highest BCUT2D eigenvalue weighted by Crippen LogP contribution is 2.30. The number of unbranched alkanes of at least 4 members (excludes halogenated alkanes) is 11. The Bertz CT molecular complexity index is 231. The molecular formula is C20H42O3. The third-order valence-corrected chi connectivity index (χ3v) is 5.48. The fourth-order valence-corrected chi connectivity index (χ4v) is 3.22. The molecule has 0 radical (unpaired) electrons. The molecule has 0 spiro atoms. The molecule has 3 heteroatoms. The van der Waals surface area contributed by atoms with Crippen LogP contribution in [0.1, 0.15) is 97.3 Å². The van der Waals surface area contributed by atoms with E-state index in [1.807, 2.05) is 6.92 Å². The zero-order valence-electron chi connectivity index (χ0n) is 15.7. The minimum absolute atomic E-state index is 0.139. The first-order valence-corrected chi connectivity index (χ1v) is 9.99. The van der Waals surface area contributed by atoms with Crippen molar-refractivity contribution in [2.75, 3.05) is 19.8 Å². The van der Waals surface area contributed by atoms with E-state index >= 15 is 0 Å². The molecule has 0 aromatic carbocycles. The van der Waals surface area contributed by atoms with E-state index in [4.69, 9.17) is 0 Å². The zero-order chi connectivity index (χ0) is 17.4. The molecule has 1 atom stereocenters. The predicted octanol–water partition coefficient (Wildman–Crippen LogP) is 4.68. The molecule has 0 aliphatic carbocycles. The van der Waals surface area contributed by atoms with Crippen LogP contribution in [0.25, 0.3) is 0 Å². The van der Waals surface area contributed by atoms with Gasteiger partial charge in [0.15, 0.2) is 0 Å². The lowest BCUT2D eigenvalue weighted by molar-refractivity contribution is -0.0361. The highest BCUT2D eigenvalue weighted by Gasteiger charge is 2.34. The Kier molecular flexibility index (Phi) is 15.3. The highest BCUT2D eigenvalue weighted by molar-refractivity contribution is 4.82. The topological polar surface area (TPSA) is 60.7 Å². The van der Waals surface area contributed by atoms with E-state index in [1.165, 1.54) is 70.6 Å². The lowest BCUT2D eigenvalue weighted by Gasteiger charge is -2.34. The molecule has 0 aromatic heterocycles. The number of hydrogen-bond acceptors (Lipinski definition) is 3. The normalized spacial score (nSPS) is 13.4. The summed E-state index contributed by atoms with van der Waals surface area (Å²) < 4.78 is 0. The summed E-state index contributed by atoms with van der Waals surface area (Å²) in [5.41, 5.74) is -0.711. The Morgan fingerprint density at radius 1 is 0.609 bits per heavy atom. The van der Waals surface area contributed by atoms with E-state index in [0.717, 1.165) is 12.8 Å². The van der Waals surface area contributed by atoms with Gasteiger partial charge in [0.05, 0.1) is 19.8 Å². The third-order valence-electron chi connectivity index (χ3n) is 5.48. The fraction of sp³-hybridized carbons (Fsp3) is 1.00. The number of aliphatic hydroxyl groups is 3. The maximum Gasteiger partial charge on any atom is 0.0534 e. The van der Waals surface area contributed by atoms with Gasteiger partial charge in [0.2, 0.25) is 0 Å². The first-order chi connectivity index (χ1) is 11.2. The van der Waals surface area contributed by atoms with Crippen LogP contribution in [0.15, 0.2) is 0 Å². The van der Waals surface area contributed by atoms with Crippen LogP contribution in [0, 0.1) is 11.3 Å². The van der Waals surface area contributed by atoms with Crippen molar-refractivity contribution in [3.8, 4) is 0 Å². The minimum Gasteiger partial charge on any atom is -0.396 e. The van der Waals surface area contributed by atoms with Crippen LogP contribution in [-0.2, 0) is 0 Å². The smallest absolute Gasteiger partial charge is 0.0534 e. The van der Waals surface area contributed by atoms with Crippen LogP contribution in [0.2, 0.25) is 0 Å².